The van der Waals surface area contributed by atoms with Gasteiger partial charge in [-0.05, 0) is 18.6 Å². The molecule has 0 aromatic carbocycles. The van der Waals surface area contributed by atoms with Crippen LogP contribution in [0.2, 0.25) is 0 Å². The van der Waals surface area contributed by atoms with Crippen molar-refractivity contribution in [2.75, 3.05) is 20.3 Å². The molecule has 0 atom stereocenters. The number of rotatable bonds is 4. The van der Waals surface area contributed by atoms with Crippen molar-refractivity contribution in [1.29, 1.82) is 0 Å². The zero-order valence-corrected chi connectivity index (χ0v) is 8.89. The molecule has 14 heavy (non-hydrogen) atoms. The van der Waals surface area contributed by atoms with Crippen LogP contribution in [0.4, 0.5) is 0 Å². The van der Waals surface area contributed by atoms with E-state index in [9.17, 15) is 4.79 Å². The molecule has 0 aliphatic carbocycles. The Hall–Kier alpha value is -1.07. The van der Waals surface area contributed by atoms with Crippen LogP contribution in [0.1, 0.15) is 15.2 Å². The van der Waals surface area contributed by atoms with Crippen LogP contribution in [-0.4, -0.2) is 31.4 Å². The van der Waals surface area contributed by atoms with E-state index < -0.39 is 0 Å². The minimum Gasteiger partial charge on any atom is -0.482 e. The van der Waals surface area contributed by atoms with Crippen LogP contribution in [0.25, 0.3) is 0 Å². The van der Waals surface area contributed by atoms with Gasteiger partial charge in [-0.25, -0.2) is 4.79 Å². The summed E-state index contributed by atoms with van der Waals surface area (Å²) in [5, 5.41) is 9.17. The van der Waals surface area contributed by atoms with Crippen molar-refractivity contribution >= 4 is 17.3 Å². The summed E-state index contributed by atoms with van der Waals surface area (Å²) >= 11 is 1.22. The molecule has 1 N–H and O–H groups in total. The lowest BCUT2D eigenvalue weighted by atomic mass is 10.3. The van der Waals surface area contributed by atoms with Gasteiger partial charge in [-0.15, -0.1) is 0 Å². The predicted octanol–water partition coefficient (Wildman–Crippen LogP) is 1.21. The number of aliphatic hydroxyl groups excluding tert-OH is 1. The number of carbonyl (C=O) groups is 1. The van der Waals surface area contributed by atoms with E-state index in [0.717, 1.165) is 5.56 Å². The molecule has 0 saturated carbocycles. The fraction of sp³-hybridized carbons (Fsp3) is 0.444. The van der Waals surface area contributed by atoms with Crippen LogP contribution in [-0.2, 0) is 4.74 Å². The molecule has 5 heteroatoms. The third kappa shape index (κ3) is 2.46. The van der Waals surface area contributed by atoms with Crippen LogP contribution in [0.15, 0.2) is 6.07 Å². The summed E-state index contributed by atoms with van der Waals surface area (Å²) in [6.07, 6.45) is 0. The highest BCUT2D eigenvalue weighted by molar-refractivity contribution is 7.15. The maximum Gasteiger partial charge on any atom is 0.348 e. The Kier molecular flexibility index (Phi) is 3.91. The Balaban J connectivity index is 2.77. The van der Waals surface area contributed by atoms with Gasteiger partial charge < -0.3 is 14.6 Å². The number of aliphatic hydroxyl groups is 1. The molecule has 0 fully saturated rings. The largest absolute Gasteiger partial charge is 0.482 e. The highest BCUT2D eigenvalue weighted by Gasteiger charge is 2.14. The van der Waals surface area contributed by atoms with Gasteiger partial charge in [0, 0.05) is 0 Å². The maximum atomic E-state index is 11.2. The summed E-state index contributed by atoms with van der Waals surface area (Å²) in [6, 6.07) is 1.76. The zero-order valence-electron chi connectivity index (χ0n) is 8.07. The van der Waals surface area contributed by atoms with Gasteiger partial charge in [-0.3, -0.25) is 0 Å². The molecule has 0 saturated heterocycles. The number of methoxy groups -OCH3 is 1. The summed E-state index contributed by atoms with van der Waals surface area (Å²) in [7, 11) is 1.34. The van der Waals surface area contributed by atoms with E-state index in [-0.39, 0.29) is 19.2 Å². The summed E-state index contributed by atoms with van der Waals surface area (Å²) in [5.41, 5.74) is 0.829. The maximum absolute atomic E-state index is 11.2. The average Bonchev–Trinajstić information content (AvgIpc) is 2.55. The van der Waals surface area contributed by atoms with Gasteiger partial charge in [-0.1, -0.05) is 11.3 Å². The summed E-state index contributed by atoms with van der Waals surface area (Å²) < 4.78 is 9.77. The SMILES string of the molecule is COC(=O)c1sc(OCCO)cc1C. The predicted molar refractivity (Wildman–Crippen MR) is 53.0 cm³/mol. The Labute approximate surface area is 86.1 Å². The second kappa shape index (κ2) is 4.97. The van der Waals surface area contributed by atoms with Crippen molar-refractivity contribution in [1.82, 2.24) is 0 Å². The first-order valence-electron chi connectivity index (χ1n) is 4.11. The van der Waals surface area contributed by atoms with Crippen LogP contribution >= 0.6 is 11.3 Å². The number of hydrogen-bond acceptors (Lipinski definition) is 5. The van der Waals surface area contributed by atoms with Crippen molar-refractivity contribution < 1.29 is 19.4 Å². The highest BCUT2D eigenvalue weighted by atomic mass is 32.1. The van der Waals surface area contributed by atoms with Crippen molar-refractivity contribution in [3.63, 3.8) is 0 Å². The summed E-state index contributed by atoms with van der Waals surface area (Å²) in [6.45, 7) is 2.01. The quantitative estimate of drug-likeness (QED) is 0.769. The number of hydrogen-bond donors (Lipinski definition) is 1. The first-order chi connectivity index (χ1) is 6.69. The summed E-state index contributed by atoms with van der Waals surface area (Å²) in [5.74, 6) is -0.355. The molecule has 0 amide bonds. The normalized spacial score (nSPS) is 9.93. The van der Waals surface area contributed by atoms with E-state index in [1.807, 2.05) is 6.92 Å². The third-order valence-electron chi connectivity index (χ3n) is 1.60. The lowest BCUT2D eigenvalue weighted by Gasteiger charge is -1.97. The molecule has 0 aliphatic rings. The number of thiophene rings is 1. The van der Waals surface area contributed by atoms with Crippen molar-refractivity contribution in [2.24, 2.45) is 0 Å². The standard InChI is InChI=1S/C9H12O4S/c1-6-5-7(13-4-3-10)14-8(6)9(11)12-2/h5,10H,3-4H2,1-2H3. The van der Waals surface area contributed by atoms with Gasteiger partial charge in [-0.2, -0.15) is 0 Å². The second-order valence-electron chi connectivity index (χ2n) is 2.64. The van der Waals surface area contributed by atoms with E-state index >= 15 is 0 Å². The average molecular weight is 216 g/mol. The molecule has 0 bridgehead atoms. The Bertz CT molecular complexity index is 319. The van der Waals surface area contributed by atoms with Crippen molar-refractivity contribution in [3.05, 3.63) is 16.5 Å². The fourth-order valence-electron chi connectivity index (χ4n) is 0.966. The van der Waals surface area contributed by atoms with Crippen molar-refractivity contribution in [3.8, 4) is 5.06 Å². The van der Waals surface area contributed by atoms with Gasteiger partial charge in [0.05, 0.1) is 13.7 Å². The Morgan fingerprint density at radius 2 is 2.36 bits per heavy atom. The minimum atomic E-state index is -0.355. The lowest BCUT2D eigenvalue weighted by Crippen LogP contribution is -2.00. The van der Waals surface area contributed by atoms with Gasteiger partial charge in [0.25, 0.3) is 0 Å². The van der Waals surface area contributed by atoms with E-state index in [1.54, 1.807) is 6.07 Å². The van der Waals surface area contributed by atoms with Gasteiger partial charge in [0.15, 0.2) is 5.06 Å². The molecular weight excluding hydrogens is 204 g/mol. The van der Waals surface area contributed by atoms with Gasteiger partial charge in [0.1, 0.15) is 11.5 Å². The number of carbonyl (C=O) groups excluding carboxylic acids is 1. The second-order valence-corrected chi connectivity index (χ2v) is 3.66. The van der Waals surface area contributed by atoms with Gasteiger partial charge in [0.2, 0.25) is 0 Å². The molecule has 1 aromatic rings. The van der Waals surface area contributed by atoms with E-state index in [0.29, 0.717) is 9.94 Å². The molecule has 0 spiro atoms. The molecule has 1 heterocycles. The van der Waals surface area contributed by atoms with E-state index in [1.165, 1.54) is 18.4 Å². The molecule has 0 aliphatic heterocycles. The molecule has 1 aromatic heterocycles. The third-order valence-corrected chi connectivity index (χ3v) is 2.73. The minimum absolute atomic E-state index is 0.0372. The molecule has 0 radical (unpaired) electrons. The monoisotopic (exact) mass is 216 g/mol. The Morgan fingerprint density at radius 1 is 1.64 bits per heavy atom. The van der Waals surface area contributed by atoms with Crippen LogP contribution in [0, 0.1) is 6.92 Å². The van der Waals surface area contributed by atoms with Crippen LogP contribution in [0.3, 0.4) is 0 Å². The van der Waals surface area contributed by atoms with Crippen LogP contribution < -0.4 is 4.74 Å². The number of esters is 1. The fourth-order valence-corrected chi connectivity index (χ4v) is 1.93. The topological polar surface area (TPSA) is 55.8 Å². The van der Waals surface area contributed by atoms with E-state index in [4.69, 9.17) is 9.84 Å². The smallest absolute Gasteiger partial charge is 0.348 e. The molecular formula is C9H12O4S. The zero-order chi connectivity index (χ0) is 10.6. The van der Waals surface area contributed by atoms with Crippen LogP contribution in [0.5, 0.6) is 5.06 Å². The lowest BCUT2D eigenvalue weighted by molar-refractivity contribution is 0.0605. The molecule has 78 valence electrons. The summed E-state index contributed by atoms with van der Waals surface area (Å²) in [4.78, 5) is 11.7. The van der Waals surface area contributed by atoms with Gasteiger partial charge >= 0.3 is 5.97 Å². The molecule has 4 nitrogen and oxygen atoms in total. The first-order valence-corrected chi connectivity index (χ1v) is 4.93. The van der Waals surface area contributed by atoms with Crippen molar-refractivity contribution in [2.45, 2.75) is 6.92 Å². The molecule has 0 unspecified atom stereocenters. The number of ether oxygens (including phenoxy) is 2. The first kappa shape index (κ1) is 11.0. The Morgan fingerprint density at radius 3 is 2.93 bits per heavy atom. The van der Waals surface area contributed by atoms with E-state index in [2.05, 4.69) is 4.74 Å². The number of aryl methyl sites for hydroxylation is 1. The highest BCUT2D eigenvalue weighted by Crippen LogP contribution is 2.29. The molecule has 1 rings (SSSR count).